The third kappa shape index (κ3) is 1.28. The van der Waals surface area contributed by atoms with Gasteiger partial charge in [-0.15, -0.1) is 0 Å². The maximum atomic E-state index is 4.53. The van der Waals surface area contributed by atoms with Gasteiger partial charge in [0.15, 0.2) is 0 Å². The largest absolute Gasteiger partial charge is 0.256 e. The number of benzene rings is 1. The van der Waals surface area contributed by atoms with Gasteiger partial charge in [-0.3, -0.25) is 4.98 Å². The highest BCUT2D eigenvalue weighted by Crippen LogP contribution is 2.41. The van der Waals surface area contributed by atoms with Gasteiger partial charge in [0, 0.05) is 11.8 Å². The first-order chi connectivity index (χ1) is 7.68. The fourth-order valence-corrected chi connectivity index (χ4v) is 2.67. The van der Waals surface area contributed by atoms with E-state index in [9.17, 15) is 0 Å². The second-order valence-electron chi connectivity index (χ2n) is 5.12. The summed E-state index contributed by atoms with van der Waals surface area (Å²) in [5.74, 6) is 0. The molecule has 0 amide bonds. The van der Waals surface area contributed by atoms with E-state index in [0.717, 1.165) is 12.1 Å². The molecule has 1 heterocycles. The van der Waals surface area contributed by atoms with Crippen LogP contribution in [0.25, 0.3) is 11.3 Å². The first-order valence-electron chi connectivity index (χ1n) is 5.72. The Morgan fingerprint density at radius 2 is 1.88 bits per heavy atom. The van der Waals surface area contributed by atoms with E-state index in [-0.39, 0.29) is 5.41 Å². The molecule has 80 valence electrons. The average Bonchev–Trinajstić information content (AvgIpc) is 2.29. The van der Waals surface area contributed by atoms with E-state index in [1.54, 1.807) is 0 Å². The molecule has 0 N–H and O–H groups in total. The van der Waals surface area contributed by atoms with Crippen LogP contribution in [0.2, 0.25) is 0 Å². The van der Waals surface area contributed by atoms with Crippen LogP contribution in [0.4, 0.5) is 0 Å². The molecule has 1 nitrogen and oxygen atoms in total. The minimum Gasteiger partial charge on any atom is -0.256 e. The van der Waals surface area contributed by atoms with E-state index in [2.05, 4.69) is 49.2 Å². The Bertz CT molecular complexity index is 541. The summed E-state index contributed by atoms with van der Waals surface area (Å²) in [5, 5.41) is 0. The quantitative estimate of drug-likeness (QED) is 0.646. The van der Waals surface area contributed by atoms with Crippen LogP contribution in [-0.4, -0.2) is 4.98 Å². The average molecular weight is 209 g/mol. The summed E-state index contributed by atoms with van der Waals surface area (Å²) in [7, 11) is 0. The molecule has 0 radical (unpaired) electrons. The number of hydrogen-bond donors (Lipinski definition) is 0. The summed E-state index contributed by atoms with van der Waals surface area (Å²) in [6.07, 6.45) is 2.96. The molecule has 3 rings (SSSR count). The topological polar surface area (TPSA) is 12.9 Å². The maximum Gasteiger partial charge on any atom is 0.0737 e. The Balaban J connectivity index is 2.33. The Morgan fingerprint density at radius 1 is 1.06 bits per heavy atom. The molecule has 1 aromatic carbocycles. The minimum absolute atomic E-state index is 0.215. The molecule has 0 spiro atoms. The fraction of sp³-hybridized carbons (Fsp3) is 0.267. The van der Waals surface area contributed by atoms with E-state index >= 15 is 0 Å². The SMILES string of the molecule is CC1(C)Cc2cccnc2-c2ccccc21. The van der Waals surface area contributed by atoms with Gasteiger partial charge in [-0.2, -0.15) is 0 Å². The third-order valence-corrected chi connectivity index (χ3v) is 3.43. The summed E-state index contributed by atoms with van der Waals surface area (Å²) in [6.45, 7) is 4.61. The van der Waals surface area contributed by atoms with Gasteiger partial charge in [0.05, 0.1) is 5.69 Å². The molecule has 0 saturated carbocycles. The summed E-state index contributed by atoms with van der Waals surface area (Å²) in [4.78, 5) is 4.53. The van der Waals surface area contributed by atoms with Crippen LogP contribution in [0.1, 0.15) is 25.0 Å². The van der Waals surface area contributed by atoms with Crippen molar-refractivity contribution in [3.05, 3.63) is 53.7 Å². The van der Waals surface area contributed by atoms with Crippen molar-refractivity contribution in [2.24, 2.45) is 0 Å². The second-order valence-corrected chi connectivity index (χ2v) is 5.12. The molecular formula is C15H15N. The number of nitrogens with zero attached hydrogens (tertiary/aromatic N) is 1. The van der Waals surface area contributed by atoms with Crippen molar-refractivity contribution >= 4 is 0 Å². The number of pyridine rings is 1. The number of aromatic nitrogens is 1. The van der Waals surface area contributed by atoms with Gasteiger partial charge in [-0.05, 0) is 29.0 Å². The Labute approximate surface area is 96.2 Å². The van der Waals surface area contributed by atoms with E-state index in [0.29, 0.717) is 0 Å². The van der Waals surface area contributed by atoms with Crippen LogP contribution in [0.5, 0.6) is 0 Å². The molecule has 1 heteroatoms. The fourth-order valence-electron chi connectivity index (χ4n) is 2.67. The lowest BCUT2D eigenvalue weighted by atomic mass is 9.72. The summed E-state index contributed by atoms with van der Waals surface area (Å²) in [5.41, 5.74) is 5.46. The van der Waals surface area contributed by atoms with E-state index in [1.807, 2.05) is 12.3 Å². The molecule has 1 aliphatic carbocycles. The van der Waals surface area contributed by atoms with Gasteiger partial charge in [-0.1, -0.05) is 44.2 Å². The standard InChI is InChI=1S/C15H15N/c1-15(2)10-11-6-5-9-16-14(11)12-7-3-4-8-13(12)15/h3-9H,10H2,1-2H3. The van der Waals surface area contributed by atoms with Crippen LogP contribution < -0.4 is 0 Å². The molecule has 0 bridgehead atoms. The van der Waals surface area contributed by atoms with Crippen molar-refractivity contribution in [2.45, 2.75) is 25.7 Å². The molecule has 0 fully saturated rings. The van der Waals surface area contributed by atoms with Crippen molar-refractivity contribution in [2.75, 3.05) is 0 Å². The second kappa shape index (κ2) is 3.18. The first kappa shape index (κ1) is 9.59. The first-order valence-corrected chi connectivity index (χ1v) is 5.72. The smallest absolute Gasteiger partial charge is 0.0737 e. The van der Waals surface area contributed by atoms with Crippen molar-refractivity contribution < 1.29 is 0 Å². The lowest BCUT2D eigenvalue weighted by molar-refractivity contribution is 0.515. The van der Waals surface area contributed by atoms with Crippen LogP contribution in [0, 0.1) is 0 Å². The number of fused-ring (bicyclic) bond motifs is 3. The third-order valence-electron chi connectivity index (χ3n) is 3.43. The Kier molecular flexibility index (Phi) is 1.90. The van der Waals surface area contributed by atoms with Crippen molar-refractivity contribution in [1.82, 2.24) is 4.98 Å². The molecule has 0 unspecified atom stereocenters. The lowest BCUT2D eigenvalue weighted by Crippen LogP contribution is -2.25. The Hall–Kier alpha value is -1.63. The molecule has 2 aromatic rings. The van der Waals surface area contributed by atoms with Crippen LogP contribution in [-0.2, 0) is 11.8 Å². The predicted octanol–water partition coefficient (Wildman–Crippen LogP) is 3.58. The van der Waals surface area contributed by atoms with Crippen LogP contribution in [0.15, 0.2) is 42.6 Å². The Morgan fingerprint density at radius 3 is 2.75 bits per heavy atom. The maximum absolute atomic E-state index is 4.53. The predicted molar refractivity (Wildman–Crippen MR) is 66.4 cm³/mol. The van der Waals surface area contributed by atoms with Gasteiger partial charge in [0.2, 0.25) is 0 Å². The van der Waals surface area contributed by atoms with Gasteiger partial charge in [0.1, 0.15) is 0 Å². The van der Waals surface area contributed by atoms with Gasteiger partial charge >= 0.3 is 0 Å². The van der Waals surface area contributed by atoms with E-state index in [1.165, 1.54) is 16.7 Å². The highest BCUT2D eigenvalue weighted by molar-refractivity contribution is 5.71. The highest BCUT2D eigenvalue weighted by Gasteiger charge is 2.30. The lowest BCUT2D eigenvalue weighted by Gasteiger charge is -2.33. The van der Waals surface area contributed by atoms with Gasteiger partial charge in [-0.25, -0.2) is 0 Å². The minimum atomic E-state index is 0.215. The monoisotopic (exact) mass is 209 g/mol. The van der Waals surface area contributed by atoms with Crippen LogP contribution in [0.3, 0.4) is 0 Å². The molecular weight excluding hydrogens is 194 g/mol. The van der Waals surface area contributed by atoms with E-state index in [4.69, 9.17) is 0 Å². The van der Waals surface area contributed by atoms with Crippen molar-refractivity contribution in [3.63, 3.8) is 0 Å². The summed E-state index contributed by atoms with van der Waals surface area (Å²) < 4.78 is 0. The highest BCUT2D eigenvalue weighted by atomic mass is 14.7. The zero-order chi connectivity index (χ0) is 11.2. The van der Waals surface area contributed by atoms with Crippen LogP contribution >= 0.6 is 0 Å². The number of rotatable bonds is 0. The van der Waals surface area contributed by atoms with Crippen molar-refractivity contribution in [3.8, 4) is 11.3 Å². The molecule has 16 heavy (non-hydrogen) atoms. The zero-order valence-electron chi connectivity index (χ0n) is 9.70. The van der Waals surface area contributed by atoms with E-state index < -0.39 is 0 Å². The molecule has 1 aliphatic rings. The summed E-state index contributed by atoms with van der Waals surface area (Å²) >= 11 is 0. The molecule has 0 atom stereocenters. The van der Waals surface area contributed by atoms with Crippen molar-refractivity contribution in [1.29, 1.82) is 0 Å². The normalized spacial score (nSPS) is 16.4. The summed E-state index contributed by atoms with van der Waals surface area (Å²) in [6, 6.07) is 12.9. The van der Waals surface area contributed by atoms with Gasteiger partial charge < -0.3 is 0 Å². The molecule has 0 aliphatic heterocycles. The number of hydrogen-bond acceptors (Lipinski definition) is 1. The molecule has 1 aromatic heterocycles. The molecule has 0 saturated heterocycles. The van der Waals surface area contributed by atoms with Gasteiger partial charge in [0.25, 0.3) is 0 Å². The zero-order valence-corrected chi connectivity index (χ0v) is 9.70.